The molecule has 0 aliphatic carbocycles. The van der Waals surface area contributed by atoms with Crippen LogP contribution >= 0.6 is 11.3 Å². The van der Waals surface area contributed by atoms with Crippen LogP contribution in [0.15, 0.2) is 33.9 Å². The Hall–Kier alpha value is -3.47. The summed E-state index contributed by atoms with van der Waals surface area (Å²) in [5.41, 5.74) is 0.228. The summed E-state index contributed by atoms with van der Waals surface area (Å²) in [7, 11) is 1.39. The molecule has 0 saturated carbocycles. The third-order valence-corrected chi connectivity index (χ3v) is 6.11. The van der Waals surface area contributed by atoms with E-state index in [1.165, 1.54) is 29.9 Å². The van der Waals surface area contributed by atoms with Gasteiger partial charge in [-0.3, -0.25) is 23.5 Å². The molecule has 1 aromatic carbocycles. The molecule has 1 aliphatic rings. The highest BCUT2D eigenvalue weighted by Gasteiger charge is 2.22. The van der Waals surface area contributed by atoms with Crippen LogP contribution in [0.1, 0.15) is 19.8 Å². The Balaban J connectivity index is 1.64. The molecule has 2 N–H and O–H groups in total. The summed E-state index contributed by atoms with van der Waals surface area (Å²) in [6.45, 7) is 2.81. The van der Waals surface area contributed by atoms with Crippen molar-refractivity contribution in [2.75, 3.05) is 28.6 Å². The minimum atomic E-state index is -0.599. The second-order valence-corrected chi connectivity index (χ2v) is 8.36. The van der Waals surface area contributed by atoms with E-state index in [9.17, 15) is 19.2 Å². The van der Waals surface area contributed by atoms with Gasteiger partial charge < -0.3 is 15.5 Å². The number of rotatable bonds is 5. The third-order valence-electron chi connectivity index (χ3n) is 5.02. The SMILES string of the molecule is CC(=O)Nc1cccc(NC(=O)Cn2c(=O)n(C)c(=O)c3sc(N4CCCC4)nc32)c1. The predicted octanol–water partition coefficient (Wildman–Crippen LogP) is 1.35. The normalized spacial score (nSPS) is 13.5. The summed E-state index contributed by atoms with van der Waals surface area (Å²) in [6.07, 6.45) is 2.11. The molecule has 1 saturated heterocycles. The van der Waals surface area contributed by atoms with Gasteiger partial charge in [0.2, 0.25) is 11.8 Å². The molecule has 3 heterocycles. The number of carbonyl (C=O) groups excluding carboxylic acids is 2. The van der Waals surface area contributed by atoms with E-state index in [4.69, 9.17) is 0 Å². The van der Waals surface area contributed by atoms with Crippen molar-refractivity contribution < 1.29 is 9.59 Å². The Labute approximate surface area is 181 Å². The Morgan fingerprint density at radius 1 is 1.13 bits per heavy atom. The van der Waals surface area contributed by atoms with E-state index >= 15 is 0 Å². The van der Waals surface area contributed by atoms with Crippen LogP contribution in [-0.2, 0) is 23.2 Å². The maximum Gasteiger partial charge on any atom is 0.332 e. The standard InChI is InChI=1S/C20H22N6O4S/c1-12(27)21-13-6-5-7-14(10-13)22-15(28)11-26-17-16(18(29)24(2)20(26)30)31-19(23-17)25-8-3-4-9-25/h5-7,10H,3-4,8-9,11H2,1-2H3,(H,21,27)(H,22,28). The molecule has 11 heteroatoms. The number of hydrogen-bond acceptors (Lipinski definition) is 7. The highest BCUT2D eigenvalue weighted by atomic mass is 32.1. The number of nitrogens with zero attached hydrogens (tertiary/aromatic N) is 4. The van der Waals surface area contributed by atoms with Gasteiger partial charge in [-0.25, -0.2) is 9.78 Å². The van der Waals surface area contributed by atoms with Crippen LogP contribution in [0.5, 0.6) is 0 Å². The van der Waals surface area contributed by atoms with Gasteiger partial charge in [0.25, 0.3) is 5.56 Å². The maximum atomic E-state index is 12.7. The molecule has 3 aromatic rings. The van der Waals surface area contributed by atoms with E-state index in [0.29, 0.717) is 21.2 Å². The number of amides is 2. The second kappa shape index (κ2) is 8.34. The summed E-state index contributed by atoms with van der Waals surface area (Å²) >= 11 is 1.25. The average Bonchev–Trinajstić information content (AvgIpc) is 3.39. The Bertz CT molecular complexity index is 1290. The zero-order valence-electron chi connectivity index (χ0n) is 17.2. The number of fused-ring (bicyclic) bond motifs is 1. The first-order valence-electron chi connectivity index (χ1n) is 9.86. The molecule has 0 radical (unpaired) electrons. The van der Waals surface area contributed by atoms with Gasteiger partial charge in [0, 0.05) is 38.4 Å². The average molecular weight is 443 g/mol. The van der Waals surface area contributed by atoms with E-state index in [0.717, 1.165) is 30.5 Å². The molecular weight excluding hydrogens is 420 g/mol. The van der Waals surface area contributed by atoms with E-state index < -0.39 is 17.2 Å². The zero-order chi connectivity index (χ0) is 22.1. The van der Waals surface area contributed by atoms with Crippen LogP contribution < -0.4 is 26.8 Å². The zero-order valence-corrected chi connectivity index (χ0v) is 18.0. The first-order chi connectivity index (χ1) is 14.8. The number of aromatic nitrogens is 3. The van der Waals surface area contributed by atoms with Gasteiger partial charge in [-0.1, -0.05) is 17.4 Å². The van der Waals surface area contributed by atoms with Gasteiger partial charge in [-0.05, 0) is 31.0 Å². The topological polar surface area (TPSA) is 118 Å². The summed E-state index contributed by atoms with van der Waals surface area (Å²) in [5.74, 6) is -0.669. The van der Waals surface area contributed by atoms with E-state index in [2.05, 4.69) is 20.5 Å². The van der Waals surface area contributed by atoms with Crippen LogP contribution in [0.4, 0.5) is 16.5 Å². The minimum Gasteiger partial charge on any atom is -0.348 e. The van der Waals surface area contributed by atoms with Crippen molar-refractivity contribution >= 4 is 50.0 Å². The van der Waals surface area contributed by atoms with Crippen LogP contribution in [-0.4, -0.2) is 39.0 Å². The van der Waals surface area contributed by atoms with E-state index in [1.807, 2.05) is 0 Å². The molecule has 10 nitrogen and oxygen atoms in total. The lowest BCUT2D eigenvalue weighted by Crippen LogP contribution is -2.39. The molecule has 4 rings (SSSR count). The van der Waals surface area contributed by atoms with Crippen molar-refractivity contribution in [2.45, 2.75) is 26.3 Å². The fraction of sp³-hybridized carbons (Fsp3) is 0.350. The number of thiazole rings is 1. The Morgan fingerprint density at radius 2 is 1.81 bits per heavy atom. The van der Waals surface area contributed by atoms with Gasteiger partial charge in [-0.15, -0.1) is 0 Å². The summed E-state index contributed by atoms with van der Waals surface area (Å²) in [5, 5.41) is 6.05. The second-order valence-electron chi connectivity index (χ2n) is 7.39. The number of benzene rings is 1. The smallest absolute Gasteiger partial charge is 0.332 e. The van der Waals surface area contributed by atoms with E-state index in [-0.39, 0.29) is 18.1 Å². The predicted molar refractivity (Wildman–Crippen MR) is 120 cm³/mol. The third kappa shape index (κ3) is 4.22. The molecule has 1 fully saturated rings. The van der Waals surface area contributed by atoms with Crippen molar-refractivity contribution in [2.24, 2.45) is 7.05 Å². The van der Waals surface area contributed by atoms with Crippen molar-refractivity contribution in [3.8, 4) is 0 Å². The minimum absolute atomic E-state index is 0.222. The fourth-order valence-electron chi connectivity index (χ4n) is 3.54. The molecular formula is C20H22N6O4S. The lowest BCUT2D eigenvalue weighted by Gasteiger charge is -2.12. The summed E-state index contributed by atoms with van der Waals surface area (Å²) in [4.78, 5) is 55.9. The van der Waals surface area contributed by atoms with Crippen LogP contribution in [0.25, 0.3) is 10.3 Å². The van der Waals surface area contributed by atoms with Gasteiger partial charge in [0.15, 0.2) is 10.8 Å². The molecule has 0 bridgehead atoms. The van der Waals surface area contributed by atoms with E-state index in [1.54, 1.807) is 24.3 Å². The fourth-order valence-corrected chi connectivity index (χ4v) is 4.64. The van der Waals surface area contributed by atoms with Crippen LogP contribution in [0.2, 0.25) is 0 Å². The van der Waals surface area contributed by atoms with Crippen LogP contribution in [0.3, 0.4) is 0 Å². The lowest BCUT2D eigenvalue weighted by atomic mass is 10.2. The maximum absolute atomic E-state index is 12.7. The molecule has 0 atom stereocenters. The number of carbonyl (C=O) groups is 2. The highest BCUT2D eigenvalue weighted by molar-refractivity contribution is 7.22. The summed E-state index contributed by atoms with van der Waals surface area (Å²) in [6, 6.07) is 6.69. The number of hydrogen-bond donors (Lipinski definition) is 2. The lowest BCUT2D eigenvalue weighted by molar-refractivity contribution is -0.117. The van der Waals surface area contributed by atoms with Gasteiger partial charge in [0.1, 0.15) is 11.2 Å². The molecule has 31 heavy (non-hydrogen) atoms. The number of nitrogens with one attached hydrogen (secondary N) is 2. The molecule has 1 aliphatic heterocycles. The Kier molecular flexibility index (Phi) is 5.59. The van der Waals surface area contributed by atoms with Crippen molar-refractivity contribution in [1.29, 1.82) is 0 Å². The molecule has 162 valence electrons. The van der Waals surface area contributed by atoms with Gasteiger partial charge >= 0.3 is 5.69 Å². The first-order valence-corrected chi connectivity index (χ1v) is 10.7. The molecule has 0 spiro atoms. The monoisotopic (exact) mass is 442 g/mol. The molecule has 2 amide bonds. The van der Waals surface area contributed by atoms with Crippen molar-refractivity contribution in [3.63, 3.8) is 0 Å². The van der Waals surface area contributed by atoms with Crippen LogP contribution in [0, 0.1) is 0 Å². The van der Waals surface area contributed by atoms with Gasteiger partial charge in [0.05, 0.1) is 0 Å². The molecule has 2 aromatic heterocycles. The highest BCUT2D eigenvalue weighted by Crippen LogP contribution is 2.28. The van der Waals surface area contributed by atoms with Crippen molar-refractivity contribution in [3.05, 3.63) is 45.1 Å². The number of anilines is 3. The Morgan fingerprint density at radius 3 is 2.48 bits per heavy atom. The first kappa shape index (κ1) is 20.8. The quantitative estimate of drug-likeness (QED) is 0.616. The summed E-state index contributed by atoms with van der Waals surface area (Å²) < 4.78 is 2.57. The van der Waals surface area contributed by atoms with Gasteiger partial charge in [-0.2, -0.15) is 0 Å². The van der Waals surface area contributed by atoms with Crippen molar-refractivity contribution in [1.82, 2.24) is 14.1 Å². The molecule has 0 unspecified atom stereocenters. The largest absolute Gasteiger partial charge is 0.348 e.